The number of alkyl halides is 1. The highest BCUT2D eigenvalue weighted by Crippen LogP contribution is 2.49. The Morgan fingerprint density at radius 1 is 0.958 bits per heavy atom. The third-order valence-corrected chi connectivity index (χ3v) is 9.59. The molecule has 1 saturated heterocycles. The van der Waals surface area contributed by atoms with E-state index >= 15 is 0 Å². The number of piperazine rings is 1. The number of nitrogens with zero attached hydrogens (tertiary/aromatic N) is 3. The number of aromatic nitrogens is 1. The zero-order valence-electron chi connectivity index (χ0n) is 27.4. The Balaban J connectivity index is 0.00000451. The van der Waals surface area contributed by atoms with Crippen molar-refractivity contribution in [3.8, 4) is 23.0 Å². The lowest BCUT2D eigenvalue weighted by molar-refractivity contribution is -0.143. The first-order valence-electron chi connectivity index (χ1n) is 15.0. The second-order valence-electron chi connectivity index (χ2n) is 11.9. The van der Waals surface area contributed by atoms with Crippen LogP contribution < -0.4 is 29.2 Å². The summed E-state index contributed by atoms with van der Waals surface area (Å²) in [5.74, 6) is -0.542. The van der Waals surface area contributed by atoms with Crippen molar-refractivity contribution in [3.05, 3.63) is 35.0 Å². The van der Waals surface area contributed by atoms with E-state index in [9.17, 15) is 19.2 Å². The molecular formula is C32H37BrClN5O9. The Labute approximate surface area is 291 Å². The number of hydrogen-bond acceptors (Lipinski definition) is 11. The molecule has 48 heavy (non-hydrogen) atoms. The second kappa shape index (κ2) is 13.4. The summed E-state index contributed by atoms with van der Waals surface area (Å²) in [5.41, 5.74) is 0.297. The lowest BCUT2D eigenvalue weighted by Gasteiger charge is -2.34. The summed E-state index contributed by atoms with van der Waals surface area (Å²) in [5, 5.41) is 3.65. The highest BCUT2D eigenvalue weighted by molar-refractivity contribution is 9.09. The molecule has 2 amide bonds. The first-order chi connectivity index (χ1) is 22.4. The molecule has 4 heterocycles. The van der Waals surface area contributed by atoms with Crippen LogP contribution in [0.4, 0.5) is 16.2 Å². The molecular weight excluding hydrogens is 714 g/mol. The minimum absolute atomic E-state index is 0. The lowest BCUT2D eigenvalue weighted by atomic mass is 9.88. The highest BCUT2D eigenvalue weighted by atomic mass is 79.9. The van der Waals surface area contributed by atoms with Crippen LogP contribution in [0.1, 0.15) is 33.3 Å². The molecule has 3 aliphatic rings. The summed E-state index contributed by atoms with van der Waals surface area (Å²) < 4.78 is 27.5. The molecule has 14 nitrogen and oxygen atoms in total. The number of halogens is 2. The Morgan fingerprint density at radius 2 is 1.65 bits per heavy atom. The topological polar surface area (TPSA) is 152 Å². The molecule has 16 heteroatoms. The van der Waals surface area contributed by atoms with E-state index in [1.807, 2.05) is 7.05 Å². The number of carbonyl (C=O) groups excluding carboxylic acids is 4. The van der Waals surface area contributed by atoms with Gasteiger partial charge in [-0.25, -0.2) is 9.59 Å². The highest BCUT2D eigenvalue weighted by Gasteiger charge is 2.52. The number of aromatic amines is 1. The van der Waals surface area contributed by atoms with Gasteiger partial charge in [-0.1, -0.05) is 15.9 Å². The van der Waals surface area contributed by atoms with Gasteiger partial charge in [0.15, 0.2) is 22.8 Å². The number of Topliss-reactive ketones (excluding diaryl/α,β-unsaturated/α-hetero) is 1. The van der Waals surface area contributed by atoms with Gasteiger partial charge in [-0.05, 0) is 38.1 Å². The predicted molar refractivity (Wildman–Crippen MR) is 183 cm³/mol. The van der Waals surface area contributed by atoms with Crippen LogP contribution in [0, 0.1) is 0 Å². The lowest BCUT2D eigenvalue weighted by Crippen LogP contribution is -2.48. The van der Waals surface area contributed by atoms with Crippen molar-refractivity contribution in [2.24, 2.45) is 0 Å². The molecule has 0 aliphatic carbocycles. The molecule has 2 unspecified atom stereocenters. The largest absolute Gasteiger partial charge is 0.493 e. The van der Waals surface area contributed by atoms with Gasteiger partial charge in [0.1, 0.15) is 5.69 Å². The van der Waals surface area contributed by atoms with Crippen molar-refractivity contribution in [2.75, 3.05) is 78.4 Å². The number of likely N-dealkylation sites (N-methyl/N-ethyl adjacent to an activating group) is 1. The third-order valence-electron chi connectivity index (χ3n) is 8.98. The number of benzene rings is 2. The summed E-state index contributed by atoms with van der Waals surface area (Å²) >= 11 is 3.67. The van der Waals surface area contributed by atoms with Crippen LogP contribution in [0.2, 0.25) is 0 Å². The van der Waals surface area contributed by atoms with E-state index < -0.39 is 29.3 Å². The van der Waals surface area contributed by atoms with Crippen LogP contribution in [0.5, 0.6) is 23.0 Å². The van der Waals surface area contributed by atoms with E-state index in [1.165, 1.54) is 40.3 Å². The number of rotatable bonds is 6. The molecule has 0 bridgehead atoms. The quantitative estimate of drug-likeness (QED) is 0.215. The number of amides is 2. The SMILES string of the molecule is COC(=O)C1(C)Nc2c(OC(=O)N3CCN(C)CC3)cc3c(c2C1=O)CC(Br)CN3C(=O)c1cc2cc(OC)c(OC)c(OC)c2[nH]1.Cl. The van der Waals surface area contributed by atoms with Crippen molar-refractivity contribution in [1.82, 2.24) is 14.8 Å². The van der Waals surface area contributed by atoms with Crippen molar-refractivity contribution in [1.29, 1.82) is 0 Å². The van der Waals surface area contributed by atoms with Crippen LogP contribution in [-0.4, -0.2) is 117 Å². The predicted octanol–water partition coefficient (Wildman–Crippen LogP) is 3.87. The van der Waals surface area contributed by atoms with Gasteiger partial charge in [0.05, 0.1) is 50.9 Å². The summed E-state index contributed by atoms with van der Waals surface area (Å²) in [6, 6.07) is 5.00. The number of ketones is 1. The summed E-state index contributed by atoms with van der Waals surface area (Å²) in [6.45, 7) is 3.95. The van der Waals surface area contributed by atoms with Gasteiger partial charge in [-0.2, -0.15) is 0 Å². The molecule has 0 spiro atoms. The van der Waals surface area contributed by atoms with Gasteiger partial charge >= 0.3 is 12.1 Å². The monoisotopic (exact) mass is 749 g/mol. The van der Waals surface area contributed by atoms with Crippen molar-refractivity contribution in [2.45, 2.75) is 23.7 Å². The standard InChI is InChI=1S/C32H36BrN5O9.ClH/c1-32(30(41)46-6)28(39)23-18-13-17(33)15-38(20(18)14-21(25(23)35-32)47-31(42)37-9-7-36(2)8-10-37)29(40)19-11-16-12-22(43-3)26(44-4)27(45-5)24(16)34-19;/h11-12,14,17,34-35H,7-10,13,15H2,1-6H3;1H. The maximum Gasteiger partial charge on any atom is 0.415 e. The Bertz CT molecular complexity index is 1810. The Hall–Kier alpha value is -4.21. The van der Waals surface area contributed by atoms with E-state index in [0.717, 1.165) is 0 Å². The number of fused-ring (bicyclic) bond motifs is 4. The minimum atomic E-state index is -1.76. The fourth-order valence-electron chi connectivity index (χ4n) is 6.42. The smallest absolute Gasteiger partial charge is 0.415 e. The van der Waals surface area contributed by atoms with Crippen molar-refractivity contribution >= 4 is 74.4 Å². The second-order valence-corrected chi connectivity index (χ2v) is 13.2. The molecule has 0 radical (unpaired) electrons. The molecule has 2 N–H and O–H groups in total. The molecule has 258 valence electrons. The Kier molecular flexibility index (Phi) is 9.77. The van der Waals surface area contributed by atoms with Gasteiger partial charge < -0.3 is 48.7 Å². The fraction of sp³-hybridized carbons (Fsp3) is 0.438. The number of anilines is 2. The van der Waals surface area contributed by atoms with Crippen LogP contribution in [0.25, 0.3) is 10.9 Å². The normalized spacial score (nSPS) is 20.3. The first-order valence-corrected chi connectivity index (χ1v) is 15.9. The molecule has 1 fully saturated rings. The number of ether oxygens (including phenoxy) is 5. The van der Waals surface area contributed by atoms with Crippen LogP contribution >= 0.6 is 28.3 Å². The van der Waals surface area contributed by atoms with E-state index in [-0.39, 0.29) is 46.5 Å². The van der Waals surface area contributed by atoms with Gasteiger partial charge in [0, 0.05) is 49.0 Å². The van der Waals surface area contributed by atoms with Crippen LogP contribution in [0.15, 0.2) is 18.2 Å². The van der Waals surface area contributed by atoms with Gasteiger partial charge in [0.2, 0.25) is 11.5 Å². The van der Waals surface area contributed by atoms with Crippen molar-refractivity contribution < 1.29 is 42.9 Å². The minimum Gasteiger partial charge on any atom is -0.493 e. The van der Waals surface area contributed by atoms with E-state index in [2.05, 4.69) is 31.1 Å². The molecule has 2 atom stereocenters. The van der Waals surface area contributed by atoms with Crippen LogP contribution in [0.3, 0.4) is 0 Å². The number of carbonyl (C=O) groups is 4. The van der Waals surface area contributed by atoms with Crippen molar-refractivity contribution in [3.63, 3.8) is 0 Å². The first kappa shape index (κ1) is 35.1. The molecule has 1 aromatic heterocycles. The van der Waals surface area contributed by atoms with Gasteiger partial charge in [0.25, 0.3) is 5.91 Å². The number of esters is 1. The third kappa shape index (κ3) is 5.66. The zero-order chi connectivity index (χ0) is 33.8. The number of nitrogens with one attached hydrogen (secondary N) is 2. The zero-order valence-corrected chi connectivity index (χ0v) is 29.8. The number of methoxy groups -OCH3 is 4. The molecule has 6 rings (SSSR count). The molecule has 2 aromatic carbocycles. The molecule has 3 aromatic rings. The summed E-state index contributed by atoms with van der Waals surface area (Å²) in [4.78, 5) is 62.8. The maximum absolute atomic E-state index is 14.3. The average molecular weight is 751 g/mol. The molecule has 3 aliphatic heterocycles. The fourth-order valence-corrected chi connectivity index (χ4v) is 7.03. The Morgan fingerprint density at radius 3 is 2.27 bits per heavy atom. The number of hydrogen-bond donors (Lipinski definition) is 2. The van der Waals surface area contributed by atoms with Gasteiger partial charge in [-0.3, -0.25) is 9.59 Å². The maximum atomic E-state index is 14.3. The van der Waals surface area contributed by atoms with Gasteiger partial charge in [-0.15, -0.1) is 12.4 Å². The number of H-pyrrole nitrogens is 1. The molecule has 0 saturated carbocycles. The summed E-state index contributed by atoms with van der Waals surface area (Å²) in [6.07, 6.45) is -0.230. The van der Waals surface area contributed by atoms with E-state index in [4.69, 9.17) is 23.7 Å². The van der Waals surface area contributed by atoms with E-state index in [0.29, 0.717) is 72.0 Å². The average Bonchev–Trinajstić information content (AvgIpc) is 3.62. The summed E-state index contributed by atoms with van der Waals surface area (Å²) in [7, 11) is 7.67. The van der Waals surface area contributed by atoms with E-state index in [1.54, 1.807) is 23.1 Å². The van der Waals surface area contributed by atoms with Crippen LogP contribution in [-0.2, 0) is 16.0 Å².